The fraction of sp³-hybridized carbons (Fsp3) is 0.176. The van der Waals surface area contributed by atoms with Crippen LogP contribution >= 0.6 is 34.8 Å². The van der Waals surface area contributed by atoms with E-state index in [4.69, 9.17) is 34.8 Å². The number of hydrogen-bond acceptors (Lipinski definition) is 3. The topological polar surface area (TPSA) is 70.2 Å². The average Bonchev–Trinajstić information content (AvgIpc) is 2.58. The fourth-order valence-corrected chi connectivity index (χ4v) is 2.52. The molecule has 0 saturated carbocycles. The number of carbonyl (C=O) groups is 2. The molecule has 0 fully saturated rings. The van der Waals surface area contributed by atoms with Crippen LogP contribution in [0.3, 0.4) is 0 Å². The maximum absolute atomic E-state index is 11.9. The zero-order valence-electron chi connectivity index (χ0n) is 13.3. The van der Waals surface area contributed by atoms with Gasteiger partial charge in [-0.2, -0.15) is 0 Å². The summed E-state index contributed by atoms with van der Waals surface area (Å²) in [5.41, 5.74) is 1.92. The van der Waals surface area contributed by atoms with Gasteiger partial charge in [0.25, 0.3) is 0 Å². The third-order valence-electron chi connectivity index (χ3n) is 3.36. The zero-order chi connectivity index (χ0) is 18.4. The number of rotatable bonds is 6. The summed E-state index contributed by atoms with van der Waals surface area (Å²) in [5, 5.41) is 9.60. The van der Waals surface area contributed by atoms with E-state index in [2.05, 4.69) is 16.0 Å². The minimum absolute atomic E-state index is 0.0382. The van der Waals surface area contributed by atoms with Crippen molar-refractivity contribution in [3.63, 3.8) is 0 Å². The van der Waals surface area contributed by atoms with Gasteiger partial charge in [-0.05, 0) is 42.8 Å². The predicted octanol–water partition coefficient (Wildman–Crippen LogP) is 4.12. The zero-order valence-corrected chi connectivity index (χ0v) is 15.6. The molecule has 0 heterocycles. The Labute approximate surface area is 160 Å². The number of benzene rings is 2. The van der Waals surface area contributed by atoms with Crippen LogP contribution in [0, 0.1) is 6.92 Å². The van der Waals surface area contributed by atoms with E-state index in [0.29, 0.717) is 26.4 Å². The third-order valence-corrected chi connectivity index (χ3v) is 4.33. The van der Waals surface area contributed by atoms with Crippen LogP contribution in [0.2, 0.25) is 15.1 Å². The van der Waals surface area contributed by atoms with Crippen LogP contribution < -0.4 is 16.0 Å². The molecular weight excluding hydrogens is 385 g/mol. The fourth-order valence-electron chi connectivity index (χ4n) is 1.99. The predicted molar refractivity (Wildman–Crippen MR) is 103 cm³/mol. The molecule has 0 radical (unpaired) electrons. The van der Waals surface area contributed by atoms with E-state index in [0.717, 1.165) is 5.56 Å². The Kier molecular flexibility index (Phi) is 6.93. The van der Waals surface area contributed by atoms with E-state index in [1.54, 1.807) is 43.3 Å². The van der Waals surface area contributed by atoms with Gasteiger partial charge in [-0.25, -0.2) is 0 Å². The Bertz CT molecular complexity index is 797. The van der Waals surface area contributed by atoms with Crippen molar-refractivity contribution in [2.75, 3.05) is 23.7 Å². The molecule has 132 valence electrons. The highest BCUT2D eigenvalue weighted by Gasteiger charge is 2.09. The van der Waals surface area contributed by atoms with Gasteiger partial charge in [0.1, 0.15) is 0 Å². The molecule has 0 saturated heterocycles. The number of nitrogens with one attached hydrogen (secondary N) is 3. The summed E-state index contributed by atoms with van der Waals surface area (Å²) in [6.07, 6.45) is 0. The largest absolute Gasteiger partial charge is 0.375 e. The molecule has 0 unspecified atom stereocenters. The van der Waals surface area contributed by atoms with Crippen molar-refractivity contribution in [3.8, 4) is 0 Å². The minimum Gasteiger partial charge on any atom is -0.375 e. The summed E-state index contributed by atoms with van der Waals surface area (Å²) in [7, 11) is 0. The van der Waals surface area contributed by atoms with Gasteiger partial charge in [-0.15, -0.1) is 0 Å². The van der Waals surface area contributed by atoms with Crippen molar-refractivity contribution in [2.24, 2.45) is 0 Å². The first-order valence-electron chi connectivity index (χ1n) is 7.37. The summed E-state index contributed by atoms with van der Waals surface area (Å²) in [4.78, 5) is 23.8. The van der Waals surface area contributed by atoms with Crippen LogP contribution in [-0.4, -0.2) is 24.9 Å². The molecule has 0 aliphatic heterocycles. The van der Waals surface area contributed by atoms with Gasteiger partial charge >= 0.3 is 0 Å². The number of anilines is 2. The molecule has 2 aromatic rings. The third kappa shape index (κ3) is 5.81. The maximum Gasteiger partial charge on any atom is 0.243 e. The van der Waals surface area contributed by atoms with Crippen LogP contribution in [0.5, 0.6) is 0 Å². The summed E-state index contributed by atoms with van der Waals surface area (Å²) < 4.78 is 0. The normalized spacial score (nSPS) is 10.2. The van der Waals surface area contributed by atoms with Gasteiger partial charge in [0, 0.05) is 15.7 Å². The Morgan fingerprint density at radius 2 is 1.68 bits per heavy atom. The lowest BCUT2D eigenvalue weighted by Gasteiger charge is -2.11. The first-order valence-corrected chi connectivity index (χ1v) is 8.51. The summed E-state index contributed by atoms with van der Waals surface area (Å²) in [5.74, 6) is -0.700. The molecule has 0 aliphatic carbocycles. The van der Waals surface area contributed by atoms with Crippen molar-refractivity contribution >= 4 is 58.0 Å². The van der Waals surface area contributed by atoms with Crippen molar-refractivity contribution in [3.05, 3.63) is 57.0 Å². The molecule has 2 rings (SSSR count). The lowest BCUT2D eigenvalue weighted by atomic mass is 10.2. The van der Waals surface area contributed by atoms with Gasteiger partial charge in [-0.3, -0.25) is 9.59 Å². The van der Waals surface area contributed by atoms with Crippen molar-refractivity contribution in [1.82, 2.24) is 5.32 Å². The second kappa shape index (κ2) is 8.94. The Hall–Kier alpha value is -1.95. The number of halogens is 3. The number of hydrogen-bond donors (Lipinski definition) is 3. The highest BCUT2D eigenvalue weighted by molar-refractivity contribution is 6.35. The molecule has 0 aromatic heterocycles. The molecule has 0 bridgehead atoms. The van der Waals surface area contributed by atoms with Crippen LogP contribution in [0.15, 0.2) is 36.4 Å². The van der Waals surface area contributed by atoms with E-state index in [-0.39, 0.29) is 24.9 Å². The van der Waals surface area contributed by atoms with Crippen LogP contribution in [0.4, 0.5) is 11.4 Å². The molecule has 0 spiro atoms. The molecule has 0 atom stereocenters. The van der Waals surface area contributed by atoms with E-state index in [9.17, 15) is 9.59 Å². The summed E-state index contributed by atoms with van der Waals surface area (Å²) >= 11 is 17.9. The number of amides is 2. The van der Waals surface area contributed by atoms with Gasteiger partial charge in [0.05, 0.1) is 23.8 Å². The van der Waals surface area contributed by atoms with Gasteiger partial charge < -0.3 is 16.0 Å². The molecule has 25 heavy (non-hydrogen) atoms. The molecule has 2 aromatic carbocycles. The van der Waals surface area contributed by atoms with Crippen molar-refractivity contribution in [1.29, 1.82) is 0 Å². The summed E-state index contributed by atoms with van der Waals surface area (Å²) in [6, 6.07) is 10.1. The molecule has 8 heteroatoms. The molecule has 3 N–H and O–H groups in total. The van der Waals surface area contributed by atoms with E-state index in [1.807, 2.05) is 0 Å². The lowest BCUT2D eigenvalue weighted by molar-refractivity contribution is -0.122. The van der Waals surface area contributed by atoms with Gasteiger partial charge in [0.15, 0.2) is 0 Å². The van der Waals surface area contributed by atoms with E-state index < -0.39 is 0 Å². The standard InChI is InChI=1S/C17H16Cl3N3O2/c1-10-12(19)3-2-4-14(10)23-17(25)9-22-16(24)8-21-15-7-11(18)5-6-13(15)20/h2-7,21H,8-9H2,1H3,(H,22,24)(H,23,25). The van der Waals surface area contributed by atoms with E-state index in [1.165, 1.54) is 0 Å². The molecule has 2 amide bonds. The highest BCUT2D eigenvalue weighted by atomic mass is 35.5. The quantitative estimate of drug-likeness (QED) is 0.683. The lowest BCUT2D eigenvalue weighted by Crippen LogP contribution is -2.36. The van der Waals surface area contributed by atoms with Crippen LogP contribution in [-0.2, 0) is 9.59 Å². The van der Waals surface area contributed by atoms with Crippen molar-refractivity contribution < 1.29 is 9.59 Å². The minimum atomic E-state index is -0.353. The molecule has 0 aliphatic rings. The molecule has 5 nitrogen and oxygen atoms in total. The Balaban J connectivity index is 1.80. The van der Waals surface area contributed by atoms with Crippen molar-refractivity contribution in [2.45, 2.75) is 6.92 Å². The number of carbonyl (C=O) groups excluding carboxylic acids is 2. The molecular formula is C17H16Cl3N3O2. The Morgan fingerprint density at radius 1 is 0.920 bits per heavy atom. The SMILES string of the molecule is Cc1c(Cl)cccc1NC(=O)CNC(=O)CNc1cc(Cl)ccc1Cl. The monoisotopic (exact) mass is 399 g/mol. The maximum atomic E-state index is 11.9. The van der Waals surface area contributed by atoms with Gasteiger partial charge in [-0.1, -0.05) is 40.9 Å². The summed E-state index contributed by atoms with van der Waals surface area (Å²) in [6.45, 7) is 1.61. The second-order valence-electron chi connectivity index (χ2n) is 5.22. The highest BCUT2D eigenvalue weighted by Crippen LogP contribution is 2.25. The van der Waals surface area contributed by atoms with Crippen LogP contribution in [0.1, 0.15) is 5.56 Å². The average molecular weight is 401 g/mol. The second-order valence-corrected chi connectivity index (χ2v) is 6.47. The Morgan fingerprint density at radius 3 is 2.44 bits per heavy atom. The smallest absolute Gasteiger partial charge is 0.243 e. The van der Waals surface area contributed by atoms with E-state index >= 15 is 0 Å². The first-order chi connectivity index (χ1) is 11.9. The van der Waals surface area contributed by atoms with Gasteiger partial charge in [0.2, 0.25) is 11.8 Å². The van der Waals surface area contributed by atoms with Crippen LogP contribution in [0.25, 0.3) is 0 Å². The first kappa shape index (κ1) is 19.4.